The van der Waals surface area contributed by atoms with E-state index in [1.807, 2.05) is 0 Å². The first kappa shape index (κ1) is 13.9. The number of hydrogen-bond donors (Lipinski definition) is 0. The molecule has 0 spiro atoms. The Balaban J connectivity index is 1.71. The minimum atomic E-state index is -0.111. The number of piperidine rings is 1. The van der Waals surface area contributed by atoms with Crippen LogP contribution in [-0.4, -0.2) is 71.0 Å². The zero-order chi connectivity index (χ0) is 14.8. The Kier molecular flexibility index (Phi) is 3.83. The van der Waals surface area contributed by atoms with Gasteiger partial charge in [-0.1, -0.05) is 0 Å². The van der Waals surface area contributed by atoms with Crippen LogP contribution in [-0.2, 0) is 9.53 Å². The van der Waals surface area contributed by atoms with Crippen LogP contribution in [0.15, 0.2) is 18.6 Å². The van der Waals surface area contributed by atoms with E-state index in [-0.39, 0.29) is 30.4 Å². The number of nitrogens with zero attached hydrogens (tertiary/aromatic N) is 4. The summed E-state index contributed by atoms with van der Waals surface area (Å²) in [4.78, 5) is 35.5. The van der Waals surface area contributed by atoms with E-state index in [2.05, 4.69) is 9.97 Å². The molecule has 2 aliphatic rings. The van der Waals surface area contributed by atoms with Gasteiger partial charge in [-0.15, -0.1) is 0 Å². The Morgan fingerprint density at radius 3 is 3.00 bits per heavy atom. The van der Waals surface area contributed by atoms with Gasteiger partial charge in [0.15, 0.2) is 0 Å². The van der Waals surface area contributed by atoms with E-state index in [1.54, 1.807) is 23.0 Å². The number of ether oxygens (including phenoxy) is 1. The third-order valence-corrected chi connectivity index (χ3v) is 4.09. The van der Waals surface area contributed by atoms with Crippen molar-refractivity contribution in [1.29, 1.82) is 0 Å². The average Bonchev–Trinajstić information content (AvgIpc) is 2.66. The summed E-state index contributed by atoms with van der Waals surface area (Å²) in [6, 6.07) is 0. The number of likely N-dealkylation sites (N-methyl/N-ethyl adjacent to an activating group) is 1. The highest BCUT2D eigenvalue weighted by Gasteiger charge is 2.36. The van der Waals surface area contributed by atoms with Gasteiger partial charge in [0.25, 0.3) is 5.91 Å². The molecular formula is C14H18N4O3. The monoisotopic (exact) mass is 290 g/mol. The van der Waals surface area contributed by atoms with Gasteiger partial charge in [-0.3, -0.25) is 14.6 Å². The van der Waals surface area contributed by atoms with Gasteiger partial charge in [-0.05, 0) is 6.42 Å². The number of hydrogen-bond acceptors (Lipinski definition) is 5. The summed E-state index contributed by atoms with van der Waals surface area (Å²) < 4.78 is 5.67. The molecule has 0 aliphatic carbocycles. The molecule has 7 nitrogen and oxygen atoms in total. The standard InChI is InChI=1S/C14H18N4O3/c1-17-7-10-8-18(5-2-12(10)21-9-13(17)19)14(20)11-6-15-3-4-16-11/h3-4,6,10,12H,2,5,7-9H2,1H3/t10-,12-/m0/s1. The summed E-state index contributed by atoms with van der Waals surface area (Å²) in [7, 11) is 1.78. The first-order valence-corrected chi connectivity index (χ1v) is 7.06. The fraction of sp³-hybridized carbons (Fsp3) is 0.571. The summed E-state index contributed by atoms with van der Waals surface area (Å²) in [6.07, 6.45) is 5.33. The Bertz CT molecular complexity index is 536. The van der Waals surface area contributed by atoms with Gasteiger partial charge in [-0.25, -0.2) is 4.98 Å². The van der Waals surface area contributed by atoms with Gasteiger partial charge < -0.3 is 14.5 Å². The molecule has 112 valence electrons. The molecule has 0 aromatic carbocycles. The van der Waals surface area contributed by atoms with Crippen molar-refractivity contribution in [1.82, 2.24) is 19.8 Å². The number of rotatable bonds is 1. The van der Waals surface area contributed by atoms with Crippen molar-refractivity contribution in [3.63, 3.8) is 0 Å². The van der Waals surface area contributed by atoms with E-state index in [4.69, 9.17) is 4.74 Å². The Labute approximate surface area is 122 Å². The normalized spacial score (nSPS) is 26.2. The minimum Gasteiger partial charge on any atom is -0.368 e. The van der Waals surface area contributed by atoms with Gasteiger partial charge in [0.2, 0.25) is 5.91 Å². The molecule has 1 aromatic rings. The highest BCUT2D eigenvalue weighted by Crippen LogP contribution is 2.24. The molecule has 7 heteroatoms. The quantitative estimate of drug-likeness (QED) is 0.716. The third kappa shape index (κ3) is 2.87. The van der Waals surface area contributed by atoms with Gasteiger partial charge in [0, 0.05) is 45.0 Å². The second-order valence-corrected chi connectivity index (χ2v) is 5.51. The number of amides is 2. The number of aromatic nitrogens is 2. The zero-order valence-electron chi connectivity index (χ0n) is 11.9. The van der Waals surface area contributed by atoms with Crippen molar-refractivity contribution in [2.45, 2.75) is 12.5 Å². The van der Waals surface area contributed by atoms with Gasteiger partial charge >= 0.3 is 0 Å². The van der Waals surface area contributed by atoms with Crippen molar-refractivity contribution in [3.05, 3.63) is 24.3 Å². The molecule has 0 N–H and O–H groups in total. The van der Waals surface area contributed by atoms with E-state index in [1.165, 1.54) is 12.4 Å². The van der Waals surface area contributed by atoms with Crippen LogP contribution in [0.25, 0.3) is 0 Å². The van der Waals surface area contributed by atoms with Crippen LogP contribution in [0.2, 0.25) is 0 Å². The summed E-state index contributed by atoms with van der Waals surface area (Å²) in [5.74, 6) is 0.0341. The van der Waals surface area contributed by atoms with Crippen LogP contribution in [0.4, 0.5) is 0 Å². The largest absolute Gasteiger partial charge is 0.368 e. The van der Waals surface area contributed by atoms with Crippen molar-refractivity contribution in [3.8, 4) is 0 Å². The van der Waals surface area contributed by atoms with E-state index in [0.29, 0.717) is 25.3 Å². The fourth-order valence-electron chi connectivity index (χ4n) is 2.90. The van der Waals surface area contributed by atoms with Crippen molar-refractivity contribution in [2.24, 2.45) is 5.92 Å². The average molecular weight is 290 g/mol. The summed E-state index contributed by atoms with van der Waals surface area (Å²) in [5, 5.41) is 0. The van der Waals surface area contributed by atoms with Gasteiger partial charge in [-0.2, -0.15) is 0 Å². The fourth-order valence-corrected chi connectivity index (χ4v) is 2.90. The van der Waals surface area contributed by atoms with Gasteiger partial charge in [0.05, 0.1) is 12.3 Å². The van der Waals surface area contributed by atoms with E-state index < -0.39 is 0 Å². The number of carbonyl (C=O) groups is 2. The smallest absolute Gasteiger partial charge is 0.274 e. The Morgan fingerprint density at radius 1 is 1.38 bits per heavy atom. The van der Waals surface area contributed by atoms with Crippen LogP contribution < -0.4 is 0 Å². The number of carbonyl (C=O) groups excluding carboxylic acids is 2. The highest BCUT2D eigenvalue weighted by molar-refractivity contribution is 5.92. The highest BCUT2D eigenvalue weighted by atomic mass is 16.5. The zero-order valence-corrected chi connectivity index (χ0v) is 11.9. The third-order valence-electron chi connectivity index (χ3n) is 4.09. The lowest BCUT2D eigenvalue weighted by molar-refractivity contribution is -0.133. The molecule has 2 fully saturated rings. The molecule has 21 heavy (non-hydrogen) atoms. The van der Waals surface area contributed by atoms with Crippen molar-refractivity contribution < 1.29 is 14.3 Å². The summed E-state index contributed by atoms with van der Waals surface area (Å²) in [6.45, 7) is 1.95. The molecule has 0 bridgehead atoms. The predicted molar refractivity (Wildman–Crippen MR) is 73.4 cm³/mol. The van der Waals surface area contributed by atoms with Crippen molar-refractivity contribution in [2.75, 3.05) is 33.3 Å². The molecule has 0 saturated carbocycles. The summed E-state index contributed by atoms with van der Waals surface area (Å²) in [5.41, 5.74) is 0.356. The first-order chi connectivity index (χ1) is 10.1. The van der Waals surface area contributed by atoms with Crippen LogP contribution in [0, 0.1) is 5.92 Å². The number of likely N-dealkylation sites (tertiary alicyclic amines) is 1. The predicted octanol–water partition coefficient (Wildman–Crippen LogP) is -0.204. The van der Waals surface area contributed by atoms with Crippen LogP contribution in [0.1, 0.15) is 16.9 Å². The maximum atomic E-state index is 12.4. The van der Waals surface area contributed by atoms with Crippen molar-refractivity contribution >= 4 is 11.8 Å². The Morgan fingerprint density at radius 2 is 2.24 bits per heavy atom. The molecule has 2 aliphatic heterocycles. The van der Waals surface area contributed by atoms with E-state index in [9.17, 15) is 9.59 Å². The molecule has 1 aromatic heterocycles. The molecule has 3 heterocycles. The van der Waals surface area contributed by atoms with Gasteiger partial charge in [0.1, 0.15) is 12.3 Å². The topological polar surface area (TPSA) is 75.6 Å². The van der Waals surface area contributed by atoms with E-state index in [0.717, 1.165) is 6.42 Å². The second kappa shape index (κ2) is 5.77. The SMILES string of the molecule is CN1C[C@H]2CN(C(=O)c3cnccn3)CC[C@@H]2OCC1=O. The Hall–Kier alpha value is -2.02. The maximum Gasteiger partial charge on any atom is 0.274 e. The second-order valence-electron chi connectivity index (χ2n) is 5.51. The molecule has 0 radical (unpaired) electrons. The van der Waals surface area contributed by atoms with Crippen LogP contribution in [0.3, 0.4) is 0 Å². The lowest BCUT2D eigenvalue weighted by atomic mass is 9.94. The number of fused-ring (bicyclic) bond motifs is 1. The first-order valence-electron chi connectivity index (χ1n) is 7.06. The molecule has 2 atom stereocenters. The van der Waals surface area contributed by atoms with Crippen LogP contribution in [0.5, 0.6) is 0 Å². The molecule has 3 rings (SSSR count). The minimum absolute atomic E-state index is 0.00352. The maximum absolute atomic E-state index is 12.4. The molecule has 2 saturated heterocycles. The molecular weight excluding hydrogens is 272 g/mol. The molecule has 0 unspecified atom stereocenters. The lowest BCUT2D eigenvalue weighted by Crippen LogP contribution is -2.49. The van der Waals surface area contributed by atoms with E-state index >= 15 is 0 Å². The van der Waals surface area contributed by atoms with Crippen LogP contribution >= 0.6 is 0 Å². The summed E-state index contributed by atoms with van der Waals surface area (Å²) >= 11 is 0. The molecule has 2 amide bonds. The lowest BCUT2D eigenvalue weighted by Gasteiger charge is -2.37.